The van der Waals surface area contributed by atoms with Gasteiger partial charge in [-0.25, -0.2) is 4.79 Å². The third-order valence-electron chi connectivity index (χ3n) is 4.90. The molecule has 0 bridgehead atoms. The molecule has 0 amide bonds. The molecule has 3 aromatic carbocycles. The lowest BCUT2D eigenvalue weighted by atomic mass is 9.97. The summed E-state index contributed by atoms with van der Waals surface area (Å²) in [5.41, 5.74) is 3.84. The number of para-hydroxylation sites is 1. The van der Waals surface area contributed by atoms with Crippen molar-refractivity contribution in [1.29, 1.82) is 0 Å². The number of ether oxygens (including phenoxy) is 1. The number of hydrazone groups is 1. The second-order valence-corrected chi connectivity index (χ2v) is 6.57. The lowest BCUT2D eigenvalue weighted by Gasteiger charge is -2.25. The van der Waals surface area contributed by atoms with Crippen molar-refractivity contribution < 1.29 is 14.6 Å². The predicted molar refractivity (Wildman–Crippen MR) is 109 cm³/mol. The second kappa shape index (κ2) is 7.56. The Morgan fingerprint density at radius 2 is 1.68 bits per heavy atom. The van der Waals surface area contributed by atoms with E-state index in [1.54, 1.807) is 25.3 Å². The molecule has 5 nitrogen and oxygen atoms in total. The summed E-state index contributed by atoms with van der Waals surface area (Å²) in [7, 11) is 1.64. The van der Waals surface area contributed by atoms with Crippen LogP contribution < -0.4 is 9.75 Å². The van der Waals surface area contributed by atoms with Crippen LogP contribution in [-0.2, 0) is 0 Å². The maximum absolute atomic E-state index is 11.8. The average Bonchev–Trinajstić information content (AvgIpc) is 3.20. The van der Waals surface area contributed by atoms with Gasteiger partial charge in [-0.2, -0.15) is 5.10 Å². The van der Waals surface area contributed by atoms with Gasteiger partial charge in [0.15, 0.2) is 0 Å². The van der Waals surface area contributed by atoms with Gasteiger partial charge in [0.2, 0.25) is 0 Å². The largest absolute Gasteiger partial charge is 0.497 e. The van der Waals surface area contributed by atoms with Crippen LogP contribution in [0.3, 0.4) is 0 Å². The van der Waals surface area contributed by atoms with E-state index < -0.39 is 5.97 Å². The molecule has 0 spiro atoms. The van der Waals surface area contributed by atoms with Crippen molar-refractivity contribution in [3.63, 3.8) is 0 Å². The van der Waals surface area contributed by atoms with E-state index in [1.165, 1.54) is 0 Å². The van der Waals surface area contributed by atoms with E-state index in [-0.39, 0.29) is 11.6 Å². The van der Waals surface area contributed by atoms with E-state index >= 15 is 0 Å². The predicted octanol–water partition coefficient (Wildman–Crippen LogP) is 4.75. The van der Waals surface area contributed by atoms with Crippen LogP contribution in [0.4, 0.5) is 5.69 Å². The zero-order chi connectivity index (χ0) is 19.5. The van der Waals surface area contributed by atoms with Gasteiger partial charge in [0.05, 0.1) is 30.1 Å². The Labute approximate surface area is 163 Å². The maximum Gasteiger partial charge on any atom is 0.337 e. The molecule has 0 aliphatic carbocycles. The van der Waals surface area contributed by atoms with E-state index in [2.05, 4.69) is 0 Å². The number of rotatable bonds is 5. The van der Waals surface area contributed by atoms with Crippen molar-refractivity contribution in [3.8, 4) is 5.75 Å². The Morgan fingerprint density at radius 1 is 1.00 bits per heavy atom. The third-order valence-corrected chi connectivity index (χ3v) is 4.90. The first-order valence-corrected chi connectivity index (χ1v) is 9.06. The molecule has 5 heteroatoms. The molecule has 0 aromatic heterocycles. The Kier molecular flexibility index (Phi) is 4.81. The van der Waals surface area contributed by atoms with Crippen molar-refractivity contribution in [1.82, 2.24) is 0 Å². The number of aromatic carboxylic acids is 1. The Morgan fingerprint density at radius 3 is 2.36 bits per heavy atom. The summed E-state index contributed by atoms with van der Waals surface area (Å²) in [5, 5.41) is 16.3. The SMILES string of the molecule is COc1ccc([C@H]2CC(c3ccccc3)=NN2c2ccccc2C(=O)O)cc1. The Hall–Kier alpha value is -3.60. The van der Waals surface area contributed by atoms with Crippen LogP contribution in [0.1, 0.15) is 33.9 Å². The zero-order valence-electron chi connectivity index (χ0n) is 15.4. The van der Waals surface area contributed by atoms with Crippen molar-refractivity contribution in [2.75, 3.05) is 12.1 Å². The highest BCUT2D eigenvalue weighted by atomic mass is 16.5. The molecule has 0 unspecified atom stereocenters. The molecule has 1 aliphatic heterocycles. The maximum atomic E-state index is 11.8. The van der Waals surface area contributed by atoms with Gasteiger partial charge in [0.1, 0.15) is 5.75 Å². The first kappa shape index (κ1) is 17.8. The summed E-state index contributed by atoms with van der Waals surface area (Å²) in [6, 6.07) is 24.7. The quantitative estimate of drug-likeness (QED) is 0.702. The second-order valence-electron chi connectivity index (χ2n) is 6.57. The van der Waals surface area contributed by atoms with Gasteiger partial charge in [-0.1, -0.05) is 54.6 Å². The average molecular weight is 372 g/mol. The van der Waals surface area contributed by atoms with Gasteiger partial charge < -0.3 is 9.84 Å². The fourth-order valence-electron chi connectivity index (χ4n) is 3.48. The molecule has 140 valence electrons. The van der Waals surface area contributed by atoms with Crippen LogP contribution >= 0.6 is 0 Å². The summed E-state index contributed by atoms with van der Waals surface area (Å²) in [5.74, 6) is -0.184. The van der Waals surface area contributed by atoms with Gasteiger partial charge >= 0.3 is 5.97 Å². The number of hydrogen-bond donors (Lipinski definition) is 1. The lowest BCUT2D eigenvalue weighted by Crippen LogP contribution is -2.21. The fourth-order valence-corrected chi connectivity index (χ4v) is 3.48. The first-order valence-electron chi connectivity index (χ1n) is 9.06. The topological polar surface area (TPSA) is 62.1 Å². The van der Waals surface area contributed by atoms with E-state index in [4.69, 9.17) is 9.84 Å². The number of hydrogen-bond acceptors (Lipinski definition) is 4. The zero-order valence-corrected chi connectivity index (χ0v) is 15.4. The molecule has 1 aliphatic rings. The van der Waals surface area contributed by atoms with Crippen molar-refractivity contribution in [3.05, 3.63) is 95.6 Å². The minimum atomic E-state index is -0.965. The van der Waals surface area contributed by atoms with Crippen molar-refractivity contribution >= 4 is 17.4 Å². The molecular formula is C23H20N2O3. The molecule has 0 fully saturated rings. The van der Waals surface area contributed by atoms with Crippen LogP contribution in [0, 0.1) is 0 Å². The van der Waals surface area contributed by atoms with E-state index in [1.807, 2.05) is 65.7 Å². The molecule has 3 aromatic rings. The first-order chi connectivity index (χ1) is 13.7. The van der Waals surface area contributed by atoms with Gasteiger partial charge in [0, 0.05) is 6.42 Å². The minimum Gasteiger partial charge on any atom is -0.497 e. The molecule has 1 N–H and O–H groups in total. The monoisotopic (exact) mass is 372 g/mol. The van der Waals surface area contributed by atoms with Gasteiger partial charge in [-0.3, -0.25) is 5.01 Å². The molecule has 0 radical (unpaired) electrons. The normalized spacial score (nSPS) is 16.0. The number of nitrogens with zero attached hydrogens (tertiary/aromatic N) is 2. The summed E-state index contributed by atoms with van der Waals surface area (Å²) < 4.78 is 5.26. The minimum absolute atomic E-state index is 0.0957. The number of carboxylic acids is 1. The smallest absolute Gasteiger partial charge is 0.337 e. The Bertz CT molecular complexity index is 1010. The number of benzene rings is 3. The summed E-state index contributed by atoms with van der Waals surface area (Å²) >= 11 is 0. The van der Waals surface area contributed by atoms with Crippen molar-refractivity contribution in [2.24, 2.45) is 5.10 Å². The molecule has 28 heavy (non-hydrogen) atoms. The van der Waals surface area contributed by atoms with E-state index in [0.717, 1.165) is 22.6 Å². The molecule has 1 heterocycles. The van der Waals surface area contributed by atoms with Crippen LogP contribution in [0.15, 0.2) is 84.0 Å². The van der Waals surface area contributed by atoms with Gasteiger partial charge in [0.25, 0.3) is 0 Å². The third kappa shape index (κ3) is 3.34. The standard InChI is InChI=1S/C23H20N2O3/c1-28-18-13-11-17(12-14-18)22-15-20(16-7-3-2-4-8-16)24-25(22)21-10-6-5-9-19(21)23(26)27/h2-14,22H,15H2,1H3,(H,26,27)/t22-/m1/s1. The lowest BCUT2D eigenvalue weighted by molar-refractivity contribution is 0.0697. The number of carbonyl (C=O) groups is 1. The van der Waals surface area contributed by atoms with Gasteiger partial charge in [-0.05, 0) is 35.4 Å². The Balaban J connectivity index is 1.80. The van der Waals surface area contributed by atoms with E-state index in [9.17, 15) is 9.90 Å². The fraction of sp³-hybridized carbons (Fsp3) is 0.130. The molecule has 0 saturated heterocycles. The number of methoxy groups -OCH3 is 1. The van der Waals surface area contributed by atoms with Crippen LogP contribution in [0.25, 0.3) is 0 Å². The summed E-state index contributed by atoms with van der Waals surface area (Å²) in [6.07, 6.45) is 0.685. The van der Waals surface area contributed by atoms with Crippen LogP contribution in [0.5, 0.6) is 5.75 Å². The molecule has 0 saturated carbocycles. The highest BCUT2D eigenvalue weighted by Gasteiger charge is 2.32. The van der Waals surface area contributed by atoms with Crippen molar-refractivity contribution in [2.45, 2.75) is 12.5 Å². The summed E-state index contributed by atoms with van der Waals surface area (Å²) in [4.78, 5) is 11.8. The summed E-state index contributed by atoms with van der Waals surface area (Å²) in [6.45, 7) is 0. The van der Waals surface area contributed by atoms with Crippen LogP contribution in [-0.4, -0.2) is 23.9 Å². The van der Waals surface area contributed by atoms with Crippen LogP contribution in [0.2, 0.25) is 0 Å². The molecule has 4 rings (SSSR count). The molecular weight excluding hydrogens is 352 g/mol. The highest BCUT2D eigenvalue weighted by Crippen LogP contribution is 2.38. The number of anilines is 1. The highest BCUT2D eigenvalue weighted by molar-refractivity contribution is 6.04. The molecule has 1 atom stereocenters. The number of carboxylic acid groups (broad SMARTS) is 1. The van der Waals surface area contributed by atoms with E-state index in [0.29, 0.717) is 12.1 Å². The van der Waals surface area contributed by atoms with Gasteiger partial charge in [-0.15, -0.1) is 0 Å².